The number of carbonyl (C=O) groups is 1. The summed E-state index contributed by atoms with van der Waals surface area (Å²) < 4.78 is 26.0. The molecule has 1 N–H and O–H groups in total. The zero-order valence-electron chi connectivity index (χ0n) is 10.4. The monoisotopic (exact) mass is 270 g/mol. The van der Waals surface area contributed by atoms with Crippen LogP contribution in [0, 0.1) is 5.92 Å². The van der Waals surface area contributed by atoms with E-state index in [9.17, 15) is 18.7 Å². The molecule has 104 valence electrons. The van der Waals surface area contributed by atoms with E-state index in [1.165, 1.54) is 15.7 Å². The Balaban J connectivity index is 1.67. The Morgan fingerprint density at radius 1 is 1.47 bits per heavy atom. The predicted octanol–water partition coefficient (Wildman–Crippen LogP) is 1.35. The zero-order valence-corrected chi connectivity index (χ0v) is 10.4. The van der Waals surface area contributed by atoms with E-state index in [0.29, 0.717) is 19.0 Å². The van der Waals surface area contributed by atoms with Gasteiger partial charge in [-0.3, -0.25) is 4.79 Å². The topological polar surface area (TPSA) is 45.5 Å². The maximum Gasteiger partial charge on any atom is 0.270 e. The number of hydrogen-bond donors (Lipinski definition) is 1. The molecule has 0 atom stereocenters. The van der Waals surface area contributed by atoms with Crippen molar-refractivity contribution in [1.82, 2.24) is 9.47 Å². The molecule has 1 aliphatic heterocycles. The molecule has 0 spiro atoms. The van der Waals surface area contributed by atoms with Gasteiger partial charge in [-0.05, 0) is 30.9 Å². The molecule has 4 nitrogen and oxygen atoms in total. The van der Waals surface area contributed by atoms with Crippen molar-refractivity contribution >= 4 is 5.91 Å². The number of rotatable bonds is 4. The lowest BCUT2D eigenvalue weighted by Crippen LogP contribution is -2.64. The Labute approximate surface area is 109 Å². The van der Waals surface area contributed by atoms with Crippen molar-refractivity contribution in [2.75, 3.05) is 13.1 Å². The van der Waals surface area contributed by atoms with Gasteiger partial charge in [0.05, 0.1) is 19.6 Å². The first-order chi connectivity index (χ1) is 8.99. The third kappa shape index (κ3) is 2.25. The average Bonchev–Trinajstić information content (AvgIpc) is 3.06. The zero-order chi connectivity index (χ0) is 13.6. The molecule has 2 heterocycles. The minimum absolute atomic E-state index is 0.262. The molecule has 2 fully saturated rings. The van der Waals surface area contributed by atoms with Crippen molar-refractivity contribution < 1.29 is 18.7 Å². The van der Waals surface area contributed by atoms with Gasteiger partial charge in [-0.1, -0.05) is 0 Å². The number of hydrogen-bond acceptors (Lipinski definition) is 2. The van der Waals surface area contributed by atoms with Crippen LogP contribution in [0.15, 0.2) is 18.3 Å². The highest BCUT2D eigenvalue weighted by molar-refractivity contribution is 5.93. The lowest BCUT2D eigenvalue weighted by Gasteiger charge is -2.47. The Hall–Kier alpha value is -1.43. The number of halogens is 2. The summed E-state index contributed by atoms with van der Waals surface area (Å²) in [4.78, 5) is 13.7. The standard InChI is InChI=1S/C13H16F2N2O2/c14-11(15)6-16-5-1-2-10(16)12(18)17-7-13(19,8-17)9-3-4-9/h1-2,5,9,11,19H,3-4,6-8H2. The number of alkyl halides is 2. The third-order valence-corrected chi connectivity index (χ3v) is 3.94. The number of nitrogens with zero attached hydrogens (tertiary/aromatic N) is 2. The second-order valence-corrected chi connectivity index (χ2v) is 5.48. The highest BCUT2D eigenvalue weighted by Gasteiger charge is 2.53. The number of β-amino-alcohol motifs (C(OH)–C–C–N with tert-alkyl or cyclic N) is 1. The molecule has 1 amide bonds. The summed E-state index contributed by atoms with van der Waals surface area (Å²) in [5.41, 5.74) is -0.478. The molecular weight excluding hydrogens is 254 g/mol. The van der Waals surface area contributed by atoms with Crippen molar-refractivity contribution in [2.45, 2.75) is 31.4 Å². The van der Waals surface area contributed by atoms with Gasteiger partial charge in [-0.25, -0.2) is 8.78 Å². The van der Waals surface area contributed by atoms with Crippen molar-refractivity contribution in [3.05, 3.63) is 24.0 Å². The van der Waals surface area contributed by atoms with Crippen LogP contribution in [0.25, 0.3) is 0 Å². The smallest absolute Gasteiger partial charge is 0.270 e. The first-order valence-corrected chi connectivity index (χ1v) is 6.44. The number of aromatic nitrogens is 1. The highest BCUT2D eigenvalue weighted by atomic mass is 19.3. The van der Waals surface area contributed by atoms with E-state index < -0.39 is 18.6 Å². The van der Waals surface area contributed by atoms with Gasteiger partial charge in [0.25, 0.3) is 12.3 Å². The van der Waals surface area contributed by atoms with Gasteiger partial charge in [-0.15, -0.1) is 0 Å². The Morgan fingerprint density at radius 2 is 2.16 bits per heavy atom. The Bertz CT molecular complexity index is 491. The molecule has 0 unspecified atom stereocenters. The minimum Gasteiger partial charge on any atom is -0.386 e. The second kappa shape index (κ2) is 4.30. The Morgan fingerprint density at radius 3 is 2.74 bits per heavy atom. The van der Waals surface area contributed by atoms with E-state index in [1.54, 1.807) is 12.1 Å². The lowest BCUT2D eigenvalue weighted by molar-refractivity contribution is -0.0961. The van der Waals surface area contributed by atoms with Crippen molar-refractivity contribution in [1.29, 1.82) is 0 Å². The van der Waals surface area contributed by atoms with Crippen molar-refractivity contribution in [3.8, 4) is 0 Å². The maximum absolute atomic E-state index is 12.4. The van der Waals surface area contributed by atoms with Crippen molar-refractivity contribution in [2.24, 2.45) is 5.92 Å². The van der Waals surface area contributed by atoms with Crippen molar-refractivity contribution in [3.63, 3.8) is 0 Å². The fourth-order valence-electron chi connectivity index (χ4n) is 2.72. The maximum atomic E-state index is 12.4. The normalized spacial score (nSPS) is 21.6. The van der Waals surface area contributed by atoms with E-state index in [2.05, 4.69) is 0 Å². The van der Waals surface area contributed by atoms with E-state index in [-0.39, 0.29) is 11.6 Å². The summed E-state index contributed by atoms with van der Waals surface area (Å²) in [7, 11) is 0. The number of likely N-dealkylation sites (tertiary alicyclic amines) is 1. The molecule has 19 heavy (non-hydrogen) atoms. The van der Waals surface area contributed by atoms with E-state index >= 15 is 0 Å². The first-order valence-electron chi connectivity index (χ1n) is 6.44. The fraction of sp³-hybridized carbons (Fsp3) is 0.615. The van der Waals surface area contributed by atoms with E-state index in [1.807, 2.05) is 0 Å². The molecule has 1 aromatic heterocycles. The Kier molecular flexibility index (Phi) is 2.85. The van der Waals surface area contributed by atoms with Gasteiger partial charge >= 0.3 is 0 Å². The summed E-state index contributed by atoms with van der Waals surface area (Å²) >= 11 is 0. The van der Waals surface area contributed by atoms with Gasteiger partial charge in [0, 0.05) is 6.20 Å². The second-order valence-electron chi connectivity index (χ2n) is 5.48. The molecule has 0 aromatic carbocycles. The summed E-state index contributed by atoms with van der Waals surface area (Å²) in [5, 5.41) is 10.2. The molecule has 1 aliphatic carbocycles. The molecule has 6 heteroatoms. The van der Waals surface area contributed by atoms with Crippen LogP contribution >= 0.6 is 0 Å². The first kappa shape index (κ1) is 12.6. The SMILES string of the molecule is O=C(c1cccn1CC(F)F)N1CC(O)(C2CC2)C1. The van der Waals surface area contributed by atoms with Gasteiger partial charge < -0.3 is 14.6 Å². The average molecular weight is 270 g/mol. The fourth-order valence-corrected chi connectivity index (χ4v) is 2.72. The van der Waals surface area contributed by atoms with E-state index in [4.69, 9.17) is 0 Å². The molecule has 0 radical (unpaired) electrons. The minimum atomic E-state index is -2.49. The molecule has 1 saturated heterocycles. The van der Waals surface area contributed by atoms with Gasteiger partial charge in [0.1, 0.15) is 11.3 Å². The van der Waals surface area contributed by atoms with Crippen LogP contribution in [-0.2, 0) is 6.54 Å². The van der Waals surface area contributed by atoms with Crippen LogP contribution in [-0.4, -0.2) is 45.6 Å². The molecule has 1 saturated carbocycles. The summed E-state index contributed by atoms with van der Waals surface area (Å²) in [6.45, 7) is 0.154. The van der Waals surface area contributed by atoms with Gasteiger partial charge in [0.2, 0.25) is 0 Å². The summed E-state index contributed by atoms with van der Waals surface area (Å²) in [5.74, 6) is 0.0281. The number of carbonyl (C=O) groups excluding carboxylic acids is 1. The molecule has 3 rings (SSSR count). The van der Waals surface area contributed by atoms with Crippen LogP contribution < -0.4 is 0 Å². The molecule has 1 aromatic rings. The third-order valence-electron chi connectivity index (χ3n) is 3.94. The molecule has 2 aliphatic rings. The number of aliphatic hydroxyl groups is 1. The molecule has 0 bridgehead atoms. The van der Waals surface area contributed by atoms with Crippen LogP contribution in [0.4, 0.5) is 8.78 Å². The van der Waals surface area contributed by atoms with Gasteiger partial charge in [-0.2, -0.15) is 0 Å². The summed E-state index contributed by atoms with van der Waals surface area (Å²) in [6, 6.07) is 3.13. The summed E-state index contributed by atoms with van der Waals surface area (Å²) in [6.07, 6.45) is 1.02. The number of amides is 1. The highest BCUT2D eigenvalue weighted by Crippen LogP contribution is 2.44. The van der Waals surface area contributed by atoms with E-state index in [0.717, 1.165) is 12.8 Å². The largest absolute Gasteiger partial charge is 0.386 e. The quantitative estimate of drug-likeness (QED) is 0.897. The molecular formula is C13H16F2N2O2. The van der Waals surface area contributed by atoms with Crippen LogP contribution in [0.1, 0.15) is 23.3 Å². The van der Waals surface area contributed by atoms with Crippen LogP contribution in [0.5, 0.6) is 0 Å². The lowest BCUT2D eigenvalue weighted by atomic mass is 9.88. The van der Waals surface area contributed by atoms with Crippen LogP contribution in [0.2, 0.25) is 0 Å². The van der Waals surface area contributed by atoms with Crippen LogP contribution in [0.3, 0.4) is 0 Å². The van der Waals surface area contributed by atoms with Gasteiger partial charge in [0.15, 0.2) is 0 Å². The predicted molar refractivity (Wildman–Crippen MR) is 64.0 cm³/mol.